The Morgan fingerprint density at radius 1 is 1.09 bits per heavy atom. The van der Waals surface area contributed by atoms with Crippen molar-refractivity contribution in [3.63, 3.8) is 0 Å². The highest BCUT2D eigenvalue weighted by molar-refractivity contribution is 5.93. The summed E-state index contributed by atoms with van der Waals surface area (Å²) < 4.78 is 1.45. The van der Waals surface area contributed by atoms with Crippen molar-refractivity contribution >= 4 is 17.6 Å². The molecular formula is C28H34N4O3. The molecule has 2 amide bonds. The third-order valence-corrected chi connectivity index (χ3v) is 6.88. The lowest BCUT2D eigenvalue weighted by Crippen LogP contribution is -2.33. The summed E-state index contributed by atoms with van der Waals surface area (Å²) in [6, 6.07) is 16.7. The topological polar surface area (TPSA) is 96.3 Å². The van der Waals surface area contributed by atoms with E-state index in [9.17, 15) is 14.7 Å². The first-order valence-corrected chi connectivity index (χ1v) is 12.6. The van der Waals surface area contributed by atoms with Gasteiger partial charge >= 0.3 is 6.03 Å². The van der Waals surface area contributed by atoms with Gasteiger partial charge < -0.3 is 15.7 Å². The maximum Gasteiger partial charge on any atom is 0.342 e. The first-order valence-electron chi connectivity index (χ1n) is 12.6. The predicted molar refractivity (Wildman–Crippen MR) is 138 cm³/mol. The molecule has 0 spiro atoms. The zero-order valence-electron chi connectivity index (χ0n) is 20.5. The van der Waals surface area contributed by atoms with Crippen LogP contribution in [0.2, 0.25) is 0 Å². The van der Waals surface area contributed by atoms with Crippen molar-refractivity contribution < 1.29 is 14.7 Å². The van der Waals surface area contributed by atoms with Gasteiger partial charge in [0.2, 0.25) is 5.91 Å². The molecule has 184 valence electrons. The van der Waals surface area contributed by atoms with Crippen molar-refractivity contribution in [2.24, 2.45) is 5.92 Å². The zero-order chi connectivity index (χ0) is 24.8. The number of aromatic nitrogens is 2. The number of amides is 2. The van der Waals surface area contributed by atoms with Gasteiger partial charge in [-0.1, -0.05) is 50.6 Å². The number of hydrogen-bond donors (Lipinski definition) is 3. The van der Waals surface area contributed by atoms with Gasteiger partial charge in [-0.3, -0.25) is 4.79 Å². The van der Waals surface area contributed by atoms with E-state index in [0.717, 1.165) is 49.8 Å². The van der Waals surface area contributed by atoms with Gasteiger partial charge in [-0.15, -0.1) is 0 Å². The highest BCUT2D eigenvalue weighted by Crippen LogP contribution is 2.39. The fourth-order valence-corrected chi connectivity index (χ4v) is 4.45. The molecule has 7 nitrogen and oxygen atoms in total. The quantitative estimate of drug-likeness (QED) is 0.371. The van der Waals surface area contributed by atoms with Crippen LogP contribution in [0, 0.1) is 5.92 Å². The zero-order valence-corrected chi connectivity index (χ0v) is 20.5. The van der Waals surface area contributed by atoms with E-state index in [2.05, 4.69) is 15.7 Å². The minimum atomic E-state index is -0.261. The van der Waals surface area contributed by atoms with Gasteiger partial charge in [-0.2, -0.15) is 9.78 Å². The second-order valence-electron chi connectivity index (χ2n) is 9.20. The van der Waals surface area contributed by atoms with Crippen LogP contribution in [0.15, 0.2) is 54.6 Å². The van der Waals surface area contributed by atoms with Crippen LogP contribution in [0.4, 0.5) is 10.5 Å². The summed E-state index contributed by atoms with van der Waals surface area (Å²) in [5, 5.41) is 21.2. The molecule has 1 aromatic heterocycles. The Morgan fingerprint density at radius 2 is 1.83 bits per heavy atom. The Kier molecular flexibility index (Phi) is 7.85. The first-order chi connectivity index (χ1) is 17.0. The number of hydrogen-bond acceptors (Lipinski definition) is 4. The average Bonchev–Trinajstić information content (AvgIpc) is 3.24. The van der Waals surface area contributed by atoms with Gasteiger partial charge in [0.25, 0.3) is 0 Å². The number of nitrogens with one attached hydrogen (secondary N) is 2. The summed E-state index contributed by atoms with van der Waals surface area (Å²) >= 11 is 0. The molecule has 0 bridgehead atoms. The molecule has 1 aliphatic rings. The van der Waals surface area contributed by atoms with E-state index in [1.54, 1.807) is 12.1 Å². The molecular weight excluding hydrogens is 440 g/mol. The van der Waals surface area contributed by atoms with Gasteiger partial charge in [0, 0.05) is 35.7 Å². The molecule has 0 atom stereocenters. The molecule has 3 aromatic rings. The molecule has 1 saturated carbocycles. The Morgan fingerprint density at radius 3 is 2.46 bits per heavy atom. The number of rotatable bonds is 9. The van der Waals surface area contributed by atoms with Crippen LogP contribution in [-0.4, -0.2) is 33.4 Å². The Labute approximate surface area is 206 Å². The third-order valence-electron chi connectivity index (χ3n) is 6.88. The molecule has 0 unspecified atom stereocenters. The normalized spacial score (nSPS) is 13.5. The molecule has 0 radical (unpaired) electrons. The number of aromatic hydroxyl groups is 1. The SMILES string of the molecule is CCC(CC)C(=O)Nc1ccc(-c2cc(C3CCC3)n(C(=O)NCCc3ccccc3)n2)c(O)c1. The Balaban J connectivity index is 1.51. The number of nitrogens with zero attached hydrogens (tertiary/aromatic N) is 2. The molecule has 35 heavy (non-hydrogen) atoms. The summed E-state index contributed by atoms with van der Waals surface area (Å²) in [6.07, 6.45) is 5.45. The van der Waals surface area contributed by atoms with Crippen molar-refractivity contribution in [3.05, 3.63) is 65.9 Å². The molecule has 2 aromatic carbocycles. The molecule has 0 saturated heterocycles. The van der Waals surface area contributed by atoms with Crippen LogP contribution in [0.25, 0.3) is 11.3 Å². The lowest BCUT2D eigenvalue weighted by Gasteiger charge is -2.25. The summed E-state index contributed by atoms with van der Waals surface area (Å²) in [4.78, 5) is 25.4. The highest BCUT2D eigenvalue weighted by Gasteiger charge is 2.27. The van der Waals surface area contributed by atoms with Gasteiger partial charge in [0.15, 0.2) is 0 Å². The van der Waals surface area contributed by atoms with Crippen molar-refractivity contribution in [3.8, 4) is 17.0 Å². The fraction of sp³-hybridized carbons (Fsp3) is 0.393. The number of phenols is 1. The first kappa shape index (κ1) is 24.5. The summed E-state index contributed by atoms with van der Waals surface area (Å²) in [5.41, 5.74) is 3.64. The van der Waals surface area contributed by atoms with E-state index in [1.165, 1.54) is 10.7 Å². The van der Waals surface area contributed by atoms with Crippen LogP contribution in [0.1, 0.15) is 63.1 Å². The van der Waals surface area contributed by atoms with Crippen molar-refractivity contribution in [1.82, 2.24) is 15.1 Å². The van der Waals surface area contributed by atoms with Gasteiger partial charge in [0.05, 0.1) is 11.4 Å². The van der Waals surface area contributed by atoms with E-state index >= 15 is 0 Å². The molecule has 7 heteroatoms. The second-order valence-corrected chi connectivity index (χ2v) is 9.20. The third kappa shape index (κ3) is 5.73. The van der Waals surface area contributed by atoms with Gasteiger partial charge in [-0.25, -0.2) is 4.79 Å². The molecule has 1 heterocycles. The number of carbonyl (C=O) groups excluding carboxylic acids is 2. The van der Waals surface area contributed by atoms with E-state index in [1.807, 2.05) is 50.2 Å². The Hall–Kier alpha value is -3.61. The number of benzene rings is 2. The number of carbonyl (C=O) groups is 2. The van der Waals surface area contributed by atoms with E-state index in [4.69, 9.17) is 0 Å². The highest BCUT2D eigenvalue weighted by atomic mass is 16.3. The maximum absolute atomic E-state index is 13.0. The number of phenolic OH excluding ortho intramolecular Hbond substituents is 1. The molecule has 3 N–H and O–H groups in total. The molecule has 1 fully saturated rings. The second kappa shape index (κ2) is 11.2. The van der Waals surface area contributed by atoms with Crippen molar-refractivity contribution in [1.29, 1.82) is 0 Å². The van der Waals surface area contributed by atoms with Crippen LogP contribution in [-0.2, 0) is 11.2 Å². The van der Waals surface area contributed by atoms with Gasteiger partial charge in [0.1, 0.15) is 5.75 Å². The van der Waals surface area contributed by atoms with E-state index < -0.39 is 0 Å². The summed E-state index contributed by atoms with van der Waals surface area (Å²) in [5.74, 6) is 0.197. The van der Waals surface area contributed by atoms with Crippen molar-refractivity contribution in [2.75, 3.05) is 11.9 Å². The number of anilines is 1. The van der Waals surface area contributed by atoms with Crippen molar-refractivity contribution in [2.45, 2.75) is 58.3 Å². The smallest absolute Gasteiger partial charge is 0.342 e. The van der Waals surface area contributed by atoms with Crippen LogP contribution in [0.5, 0.6) is 5.75 Å². The minimum Gasteiger partial charge on any atom is -0.507 e. The van der Waals surface area contributed by atoms with Crippen LogP contribution < -0.4 is 10.6 Å². The van der Waals surface area contributed by atoms with Crippen LogP contribution in [0.3, 0.4) is 0 Å². The Bertz CT molecular complexity index is 1160. The van der Waals surface area contributed by atoms with Crippen LogP contribution >= 0.6 is 0 Å². The molecule has 0 aliphatic heterocycles. The average molecular weight is 475 g/mol. The van der Waals surface area contributed by atoms with E-state index in [-0.39, 0.29) is 29.5 Å². The predicted octanol–water partition coefficient (Wildman–Crippen LogP) is 5.70. The summed E-state index contributed by atoms with van der Waals surface area (Å²) in [6.45, 7) is 4.49. The minimum absolute atomic E-state index is 0.0154. The largest absolute Gasteiger partial charge is 0.507 e. The fourth-order valence-electron chi connectivity index (χ4n) is 4.45. The summed E-state index contributed by atoms with van der Waals surface area (Å²) in [7, 11) is 0. The van der Waals surface area contributed by atoms with E-state index in [0.29, 0.717) is 23.5 Å². The standard InChI is InChI=1S/C28H34N4O3/c1-3-20(4-2)27(34)30-22-13-14-23(26(33)17-22)24-18-25(21-11-8-12-21)32(31-24)28(35)29-16-15-19-9-6-5-7-10-19/h5-7,9-10,13-14,17-18,20-21,33H,3-4,8,11-12,15-16H2,1-2H3,(H,29,35)(H,30,34). The van der Waals surface area contributed by atoms with Gasteiger partial charge in [-0.05, 0) is 55.9 Å². The molecule has 1 aliphatic carbocycles. The lowest BCUT2D eigenvalue weighted by molar-refractivity contribution is -0.120. The molecule has 4 rings (SSSR count). The maximum atomic E-state index is 13.0. The lowest BCUT2D eigenvalue weighted by atomic mass is 9.82. The monoisotopic (exact) mass is 474 g/mol.